The average Bonchev–Trinajstić information content (AvgIpc) is 2.80. The third-order valence-corrected chi connectivity index (χ3v) is 3.56. The molecule has 1 aliphatic heterocycles. The molecule has 1 amide bonds. The molecule has 104 valence electrons. The van der Waals surface area contributed by atoms with Crippen LogP contribution in [0.25, 0.3) is 6.08 Å². The van der Waals surface area contributed by atoms with Crippen LogP contribution in [0.15, 0.2) is 17.2 Å². The van der Waals surface area contributed by atoms with Gasteiger partial charge in [0.1, 0.15) is 10.6 Å². The molecule has 0 aliphatic carbocycles. The molecule has 0 radical (unpaired) electrons. The van der Waals surface area contributed by atoms with Gasteiger partial charge in [-0.15, -0.1) is 11.3 Å². The summed E-state index contributed by atoms with van der Waals surface area (Å²) in [5, 5.41) is 3.02. The summed E-state index contributed by atoms with van der Waals surface area (Å²) < 4.78 is 5.38. The van der Waals surface area contributed by atoms with E-state index in [9.17, 15) is 4.79 Å². The van der Waals surface area contributed by atoms with Crippen molar-refractivity contribution in [2.45, 2.75) is 39.2 Å². The quantitative estimate of drug-likeness (QED) is 0.790. The minimum atomic E-state index is -0.423. The Kier molecular flexibility index (Phi) is 4.24. The van der Waals surface area contributed by atoms with Gasteiger partial charge in [0.05, 0.1) is 0 Å². The van der Waals surface area contributed by atoms with E-state index >= 15 is 0 Å². The van der Waals surface area contributed by atoms with Crippen LogP contribution in [-0.4, -0.2) is 34.7 Å². The fraction of sp³-hybridized carbons (Fsp3) is 0.571. The number of nitrogens with zero attached hydrogens (tertiary/aromatic N) is 2. The Balaban J connectivity index is 1.87. The number of hydrogen-bond donors (Lipinski definition) is 0. The smallest absolute Gasteiger partial charge is 0.410 e. The lowest BCUT2D eigenvalue weighted by Gasteiger charge is -2.30. The molecule has 4 nitrogen and oxygen atoms in total. The normalized spacial score (nSPS) is 16.4. The highest BCUT2D eigenvalue weighted by molar-refractivity contribution is 7.10. The summed E-state index contributed by atoms with van der Waals surface area (Å²) in [5.74, 6) is 0. The maximum absolute atomic E-state index is 11.9. The summed E-state index contributed by atoms with van der Waals surface area (Å²) in [7, 11) is 0. The van der Waals surface area contributed by atoms with Gasteiger partial charge in [-0.05, 0) is 39.7 Å². The minimum Gasteiger partial charge on any atom is -0.444 e. The van der Waals surface area contributed by atoms with Crippen LogP contribution in [0, 0.1) is 0 Å². The topological polar surface area (TPSA) is 42.4 Å². The highest BCUT2D eigenvalue weighted by Crippen LogP contribution is 2.21. The van der Waals surface area contributed by atoms with Crippen molar-refractivity contribution < 1.29 is 9.53 Å². The first-order valence-corrected chi connectivity index (χ1v) is 7.39. The van der Waals surface area contributed by atoms with E-state index < -0.39 is 5.60 Å². The van der Waals surface area contributed by atoms with E-state index in [4.69, 9.17) is 4.74 Å². The van der Waals surface area contributed by atoms with Gasteiger partial charge in [0.15, 0.2) is 0 Å². The van der Waals surface area contributed by atoms with Crippen molar-refractivity contribution in [3.05, 3.63) is 22.2 Å². The highest BCUT2D eigenvalue weighted by Gasteiger charge is 2.24. The molecule has 0 spiro atoms. The van der Waals surface area contributed by atoms with Crippen molar-refractivity contribution in [3.63, 3.8) is 0 Å². The van der Waals surface area contributed by atoms with Crippen molar-refractivity contribution in [1.82, 2.24) is 9.88 Å². The van der Waals surface area contributed by atoms with Crippen molar-refractivity contribution in [2.24, 2.45) is 0 Å². The van der Waals surface area contributed by atoms with E-state index in [2.05, 4.69) is 11.1 Å². The Morgan fingerprint density at radius 1 is 1.42 bits per heavy atom. The molecule has 2 heterocycles. The second kappa shape index (κ2) is 5.74. The first-order valence-electron chi connectivity index (χ1n) is 6.51. The molecular weight excluding hydrogens is 260 g/mol. The summed E-state index contributed by atoms with van der Waals surface area (Å²) in [5.41, 5.74) is 0.934. The fourth-order valence-electron chi connectivity index (χ4n) is 1.93. The molecule has 0 unspecified atom stereocenters. The Morgan fingerprint density at radius 2 is 2.11 bits per heavy atom. The van der Waals surface area contributed by atoms with Crippen LogP contribution in [0.3, 0.4) is 0 Å². The van der Waals surface area contributed by atoms with Gasteiger partial charge in [0.25, 0.3) is 0 Å². The fourth-order valence-corrected chi connectivity index (χ4v) is 2.55. The highest BCUT2D eigenvalue weighted by atomic mass is 32.1. The number of thiazole rings is 1. The van der Waals surface area contributed by atoms with Crippen LogP contribution >= 0.6 is 11.3 Å². The zero-order chi connectivity index (χ0) is 13.9. The largest absolute Gasteiger partial charge is 0.444 e. The number of piperidine rings is 1. The van der Waals surface area contributed by atoms with Crippen molar-refractivity contribution in [2.75, 3.05) is 13.1 Å². The van der Waals surface area contributed by atoms with E-state index in [-0.39, 0.29) is 6.09 Å². The molecule has 2 rings (SSSR count). The number of carbonyl (C=O) groups excluding carboxylic acids is 1. The van der Waals surface area contributed by atoms with Crippen LogP contribution in [0.1, 0.15) is 38.6 Å². The van der Waals surface area contributed by atoms with Crippen molar-refractivity contribution in [3.8, 4) is 0 Å². The van der Waals surface area contributed by atoms with E-state index in [0.717, 1.165) is 30.9 Å². The van der Waals surface area contributed by atoms with Crippen molar-refractivity contribution >= 4 is 23.5 Å². The van der Waals surface area contributed by atoms with Gasteiger partial charge < -0.3 is 9.64 Å². The molecule has 0 bridgehead atoms. The number of amides is 1. The molecule has 1 saturated heterocycles. The lowest BCUT2D eigenvalue weighted by molar-refractivity contribution is 0.0237. The van der Waals surface area contributed by atoms with Crippen LogP contribution < -0.4 is 0 Å². The lowest BCUT2D eigenvalue weighted by Crippen LogP contribution is -2.40. The predicted octanol–water partition coefficient (Wildman–Crippen LogP) is 3.56. The molecule has 5 heteroatoms. The third kappa shape index (κ3) is 4.35. The van der Waals surface area contributed by atoms with Gasteiger partial charge >= 0.3 is 6.09 Å². The summed E-state index contributed by atoms with van der Waals surface area (Å²) >= 11 is 1.64. The van der Waals surface area contributed by atoms with E-state index in [1.807, 2.05) is 32.3 Å². The van der Waals surface area contributed by atoms with E-state index in [0.29, 0.717) is 0 Å². The first-order chi connectivity index (χ1) is 8.94. The Bertz CT molecular complexity index is 450. The van der Waals surface area contributed by atoms with Crippen LogP contribution in [-0.2, 0) is 4.74 Å². The predicted molar refractivity (Wildman–Crippen MR) is 77.1 cm³/mol. The number of ether oxygens (including phenoxy) is 1. The van der Waals surface area contributed by atoms with Crippen LogP contribution in [0.5, 0.6) is 0 Å². The Hall–Kier alpha value is -1.36. The molecule has 19 heavy (non-hydrogen) atoms. The van der Waals surface area contributed by atoms with E-state index in [1.165, 1.54) is 5.57 Å². The van der Waals surface area contributed by atoms with Crippen LogP contribution in [0.2, 0.25) is 0 Å². The maximum Gasteiger partial charge on any atom is 0.410 e. The van der Waals surface area contributed by atoms with Gasteiger partial charge in [-0.3, -0.25) is 0 Å². The Labute approximate surface area is 118 Å². The molecule has 0 saturated carbocycles. The van der Waals surface area contributed by atoms with Crippen molar-refractivity contribution in [1.29, 1.82) is 0 Å². The minimum absolute atomic E-state index is 0.208. The molecule has 0 atom stereocenters. The first kappa shape index (κ1) is 14.1. The number of aromatic nitrogens is 1. The second-order valence-corrected chi connectivity index (χ2v) is 6.57. The summed E-state index contributed by atoms with van der Waals surface area (Å²) in [4.78, 5) is 17.9. The number of likely N-dealkylation sites (tertiary alicyclic amines) is 1. The second-order valence-electron chi connectivity index (χ2n) is 5.64. The summed E-state index contributed by atoms with van der Waals surface area (Å²) in [6.07, 6.45) is 5.54. The maximum atomic E-state index is 11.9. The molecule has 1 aromatic rings. The molecule has 1 aliphatic rings. The molecule has 1 fully saturated rings. The SMILES string of the molecule is CC(C)(C)OC(=O)N1CCC(=Cc2nccs2)CC1. The summed E-state index contributed by atoms with van der Waals surface area (Å²) in [6.45, 7) is 7.13. The van der Waals surface area contributed by atoms with Gasteiger partial charge in [0, 0.05) is 24.7 Å². The Morgan fingerprint density at radius 3 is 2.63 bits per heavy atom. The van der Waals surface area contributed by atoms with Crippen LogP contribution in [0.4, 0.5) is 4.79 Å². The monoisotopic (exact) mass is 280 g/mol. The molecular formula is C14H20N2O2S. The standard InChI is InChI=1S/C14H20N2O2S/c1-14(2,3)18-13(17)16-7-4-11(5-8-16)10-12-15-6-9-19-12/h6,9-10H,4-5,7-8H2,1-3H3. The number of carbonyl (C=O) groups is 1. The number of hydrogen-bond acceptors (Lipinski definition) is 4. The molecule has 0 N–H and O–H groups in total. The zero-order valence-electron chi connectivity index (χ0n) is 11.7. The lowest BCUT2D eigenvalue weighted by atomic mass is 10.0. The third-order valence-electron chi connectivity index (χ3n) is 2.84. The zero-order valence-corrected chi connectivity index (χ0v) is 12.5. The van der Waals surface area contributed by atoms with Gasteiger partial charge in [-0.25, -0.2) is 9.78 Å². The molecule has 0 aromatic carbocycles. The van der Waals surface area contributed by atoms with Gasteiger partial charge in [0.2, 0.25) is 0 Å². The van der Waals surface area contributed by atoms with Gasteiger partial charge in [-0.2, -0.15) is 0 Å². The van der Waals surface area contributed by atoms with Gasteiger partial charge in [-0.1, -0.05) is 5.57 Å². The van der Waals surface area contributed by atoms with E-state index in [1.54, 1.807) is 16.2 Å². The number of rotatable bonds is 1. The molecule has 1 aromatic heterocycles. The summed E-state index contributed by atoms with van der Waals surface area (Å²) in [6, 6.07) is 0. The average molecular weight is 280 g/mol.